The summed E-state index contributed by atoms with van der Waals surface area (Å²) >= 11 is 1.94. The van der Waals surface area contributed by atoms with Gasteiger partial charge in [-0.05, 0) is 162 Å². The molecule has 9 aromatic carbocycles. The van der Waals surface area contributed by atoms with Crippen LogP contribution in [0.4, 0.5) is 0 Å². The molecule has 0 bridgehead atoms. The van der Waals surface area contributed by atoms with E-state index in [0.717, 1.165) is 5.92 Å². The van der Waals surface area contributed by atoms with Crippen molar-refractivity contribution in [3.63, 3.8) is 0 Å². The molecule has 376 valence electrons. The van der Waals surface area contributed by atoms with Gasteiger partial charge in [-0.2, -0.15) is 0 Å². The average molecular weight is 980 g/mol. The summed E-state index contributed by atoms with van der Waals surface area (Å²) in [7, 11) is 0. The standard InChI is InChI=1S/C30H20S.C13H20.C11H16.C10H14.C8H12/c1-17-9-12-19(13-10-17)25-16-20-5-3-7-23-27(20)28-21(25)6-4-8-24(28)30-29(23)22-14-11-18(2)15-26(22)31-30;1-5-11(4)13-8-6-12(7-9-13)10(2)3;1-3-4-5-11-8-6-10(2)7-9-11;1-8(2)10-6-4-9(3)5-7-10;1-7-3-5-8(2)6-4-7/h3-16H,1-2H3;6-11H,5H2,1-4H3;6-9H,3-5H2,1-2H3;4-8H,1-3H3;3-5,8H,6H2,1-2H3. The van der Waals surface area contributed by atoms with E-state index in [4.69, 9.17) is 0 Å². The zero-order valence-corrected chi connectivity index (χ0v) is 47.3. The van der Waals surface area contributed by atoms with Gasteiger partial charge in [0, 0.05) is 25.6 Å². The Labute approximate surface area is 444 Å². The van der Waals surface area contributed by atoms with Gasteiger partial charge in [-0.3, -0.25) is 0 Å². The molecule has 2 unspecified atom stereocenters. The van der Waals surface area contributed by atoms with E-state index in [0.29, 0.717) is 17.8 Å². The summed E-state index contributed by atoms with van der Waals surface area (Å²) in [5, 5.41) is 11.0. The van der Waals surface area contributed by atoms with Crippen LogP contribution in [0.25, 0.3) is 63.6 Å². The van der Waals surface area contributed by atoms with E-state index in [2.05, 4.69) is 266 Å². The summed E-state index contributed by atoms with van der Waals surface area (Å²) in [4.78, 5) is 0. The Morgan fingerprint density at radius 2 is 1.07 bits per heavy atom. The maximum absolute atomic E-state index is 2.39. The summed E-state index contributed by atoms with van der Waals surface area (Å²) in [5.41, 5.74) is 15.1. The van der Waals surface area contributed by atoms with Gasteiger partial charge < -0.3 is 0 Å². The Morgan fingerprint density at radius 3 is 1.64 bits per heavy atom. The molecule has 73 heavy (non-hydrogen) atoms. The fraction of sp³-hybridized carbons (Fsp3) is 0.306. The van der Waals surface area contributed by atoms with Crippen molar-refractivity contribution < 1.29 is 0 Å². The highest BCUT2D eigenvalue weighted by molar-refractivity contribution is 7.27. The first-order valence-electron chi connectivity index (χ1n) is 27.3. The third kappa shape index (κ3) is 13.9. The molecule has 1 aromatic heterocycles. The molecule has 1 aliphatic rings. The summed E-state index contributed by atoms with van der Waals surface area (Å²) in [5.74, 6) is 2.76. The molecule has 10 aromatic rings. The van der Waals surface area contributed by atoms with E-state index in [1.165, 1.54) is 146 Å². The van der Waals surface area contributed by atoms with Crippen molar-refractivity contribution in [1.29, 1.82) is 0 Å². The van der Waals surface area contributed by atoms with E-state index in [1.54, 1.807) is 0 Å². The molecule has 1 aliphatic carbocycles. The van der Waals surface area contributed by atoms with Crippen LogP contribution in [0.5, 0.6) is 0 Å². The molecule has 2 atom stereocenters. The number of aryl methyl sites for hydroxylation is 5. The largest absolute Gasteiger partial charge is 0.134 e. The van der Waals surface area contributed by atoms with E-state index in [1.807, 2.05) is 11.3 Å². The predicted octanol–water partition coefficient (Wildman–Crippen LogP) is 22.5. The Kier molecular flexibility index (Phi) is 19.1. The van der Waals surface area contributed by atoms with Crippen LogP contribution in [0, 0.1) is 33.6 Å². The summed E-state index contributed by atoms with van der Waals surface area (Å²) < 4.78 is 2.79. The predicted molar refractivity (Wildman–Crippen MR) is 329 cm³/mol. The highest BCUT2D eigenvalue weighted by atomic mass is 32.1. The van der Waals surface area contributed by atoms with Crippen molar-refractivity contribution in [2.24, 2.45) is 5.92 Å². The van der Waals surface area contributed by atoms with Gasteiger partial charge in [0.25, 0.3) is 0 Å². The number of hydrogen-bond donors (Lipinski definition) is 0. The molecule has 11 rings (SSSR count). The van der Waals surface area contributed by atoms with Gasteiger partial charge in [0.15, 0.2) is 0 Å². The second-order valence-electron chi connectivity index (χ2n) is 21.5. The van der Waals surface area contributed by atoms with Crippen LogP contribution in [0.1, 0.15) is 150 Å². The number of fused-ring (bicyclic) bond motifs is 5. The average Bonchev–Trinajstić information content (AvgIpc) is 3.79. The number of unbranched alkanes of at least 4 members (excludes halogenated alkanes) is 1. The normalized spacial score (nSPS) is 13.5. The molecule has 0 spiro atoms. The number of hydrogen-bond acceptors (Lipinski definition) is 1. The minimum atomic E-state index is 0.644. The van der Waals surface area contributed by atoms with Crippen LogP contribution in [0.2, 0.25) is 0 Å². The second-order valence-corrected chi connectivity index (χ2v) is 22.6. The molecular formula is C72H82S. The lowest BCUT2D eigenvalue weighted by atomic mass is 9.87. The lowest BCUT2D eigenvalue weighted by Gasteiger charge is -2.16. The Morgan fingerprint density at radius 1 is 0.521 bits per heavy atom. The van der Waals surface area contributed by atoms with Crippen molar-refractivity contribution in [2.75, 3.05) is 0 Å². The first-order chi connectivity index (χ1) is 35.1. The van der Waals surface area contributed by atoms with Crippen molar-refractivity contribution in [1.82, 2.24) is 0 Å². The summed E-state index contributed by atoms with van der Waals surface area (Å²) in [6, 6.07) is 58.5. The van der Waals surface area contributed by atoms with Crippen LogP contribution < -0.4 is 0 Å². The van der Waals surface area contributed by atoms with Crippen molar-refractivity contribution in [3.05, 3.63) is 226 Å². The van der Waals surface area contributed by atoms with E-state index in [-0.39, 0.29) is 0 Å². The zero-order chi connectivity index (χ0) is 52.2. The topological polar surface area (TPSA) is 0 Å². The second kappa shape index (κ2) is 25.6. The van der Waals surface area contributed by atoms with E-state index < -0.39 is 0 Å². The number of allylic oxidation sites excluding steroid dienone is 4. The molecule has 0 aliphatic heterocycles. The third-order valence-electron chi connectivity index (χ3n) is 14.7. The summed E-state index contributed by atoms with van der Waals surface area (Å²) in [6.45, 7) is 28.6. The maximum Gasteiger partial charge on any atom is 0.0440 e. The minimum absolute atomic E-state index is 0.644. The van der Waals surface area contributed by atoms with Crippen LogP contribution in [-0.4, -0.2) is 0 Å². The molecule has 0 amide bonds. The van der Waals surface area contributed by atoms with Gasteiger partial charge in [-0.1, -0.05) is 248 Å². The monoisotopic (exact) mass is 979 g/mol. The molecular weight excluding hydrogens is 897 g/mol. The molecule has 0 nitrogen and oxygen atoms in total. The third-order valence-corrected chi connectivity index (χ3v) is 15.9. The number of rotatable bonds is 8. The lowest BCUT2D eigenvalue weighted by Crippen LogP contribution is -1.92. The smallest absolute Gasteiger partial charge is 0.0440 e. The van der Waals surface area contributed by atoms with E-state index >= 15 is 0 Å². The Balaban J connectivity index is 0.000000154. The lowest BCUT2D eigenvalue weighted by molar-refractivity contribution is 0.731. The van der Waals surface area contributed by atoms with Crippen LogP contribution >= 0.6 is 11.3 Å². The first kappa shape index (κ1) is 54.5. The number of thiophene rings is 1. The molecule has 0 radical (unpaired) electrons. The zero-order valence-electron chi connectivity index (χ0n) is 46.5. The minimum Gasteiger partial charge on any atom is -0.134 e. The molecule has 1 heteroatoms. The number of benzene rings is 9. The van der Waals surface area contributed by atoms with E-state index in [9.17, 15) is 0 Å². The first-order valence-corrected chi connectivity index (χ1v) is 28.1. The Bertz CT molecular complexity index is 3370. The summed E-state index contributed by atoms with van der Waals surface area (Å²) in [6.07, 6.45) is 13.0. The molecule has 0 saturated heterocycles. The van der Waals surface area contributed by atoms with Gasteiger partial charge in [0.1, 0.15) is 0 Å². The van der Waals surface area contributed by atoms with Crippen LogP contribution in [0.15, 0.2) is 182 Å². The Hall–Kier alpha value is -6.28. The van der Waals surface area contributed by atoms with Crippen LogP contribution in [0.3, 0.4) is 0 Å². The van der Waals surface area contributed by atoms with Gasteiger partial charge >= 0.3 is 0 Å². The fourth-order valence-electron chi connectivity index (χ4n) is 9.65. The maximum atomic E-state index is 2.39. The molecule has 0 N–H and O–H groups in total. The van der Waals surface area contributed by atoms with Gasteiger partial charge in [-0.25, -0.2) is 0 Å². The highest BCUT2D eigenvalue weighted by Gasteiger charge is 2.19. The van der Waals surface area contributed by atoms with Crippen molar-refractivity contribution in [3.8, 4) is 11.1 Å². The SMILES string of the molecule is CC1=CCC(C)C=C1.CCC(C)c1ccc(C(C)C)cc1.CCCCc1ccc(C)cc1.Cc1ccc(-c2cc3cccc4c5c6ccc(C)cc6sc5c5cccc2c5c34)cc1.Cc1ccc(C(C)C)cc1. The molecule has 0 saturated carbocycles. The van der Waals surface area contributed by atoms with Crippen molar-refractivity contribution >= 4 is 63.8 Å². The highest BCUT2D eigenvalue weighted by Crippen LogP contribution is 2.48. The fourth-order valence-corrected chi connectivity index (χ4v) is 11.0. The quantitative estimate of drug-likeness (QED) is 0.133. The van der Waals surface area contributed by atoms with Crippen molar-refractivity contribution in [2.45, 2.75) is 140 Å². The molecule has 0 fully saturated rings. The molecule has 1 heterocycles. The van der Waals surface area contributed by atoms with Gasteiger partial charge in [0.2, 0.25) is 0 Å². The van der Waals surface area contributed by atoms with Gasteiger partial charge in [0.05, 0.1) is 0 Å². The van der Waals surface area contributed by atoms with Gasteiger partial charge in [-0.15, -0.1) is 11.3 Å². The van der Waals surface area contributed by atoms with Crippen LogP contribution in [-0.2, 0) is 6.42 Å².